The Morgan fingerprint density at radius 2 is 1.76 bits per heavy atom. The Kier molecular flexibility index (Phi) is 5.23. The van der Waals surface area contributed by atoms with Crippen molar-refractivity contribution < 1.29 is 9.84 Å². The number of nitrogens with zero attached hydrogens (tertiary/aromatic N) is 1. The van der Waals surface area contributed by atoms with Crippen molar-refractivity contribution in [2.75, 3.05) is 25.6 Å². The Morgan fingerprint density at radius 3 is 2.38 bits per heavy atom. The molecular formula is C18H23NO2. The summed E-state index contributed by atoms with van der Waals surface area (Å²) in [5.41, 5.74) is 3.27. The van der Waals surface area contributed by atoms with Gasteiger partial charge < -0.3 is 14.7 Å². The van der Waals surface area contributed by atoms with Gasteiger partial charge in [0.1, 0.15) is 5.75 Å². The quantitative estimate of drug-likeness (QED) is 0.881. The molecule has 1 N–H and O–H groups in total. The number of hydrogen-bond acceptors (Lipinski definition) is 3. The minimum Gasteiger partial charge on any atom is -0.497 e. The Balaban J connectivity index is 1.94. The molecule has 0 saturated heterocycles. The third-order valence-electron chi connectivity index (χ3n) is 3.80. The summed E-state index contributed by atoms with van der Waals surface area (Å²) in [6.45, 7) is 2.83. The van der Waals surface area contributed by atoms with Crippen molar-refractivity contribution in [3.63, 3.8) is 0 Å². The standard InChI is InChI=1S/C18H23NO2/c1-14-6-4-5-7-17(14)18(20)12-13-19(2)15-8-10-16(21-3)11-9-15/h4-11,18,20H,12-13H2,1-3H3. The molecule has 112 valence electrons. The topological polar surface area (TPSA) is 32.7 Å². The first-order valence-corrected chi connectivity index (χ1v) is 7.20. The molecule has 0 aliphatic heterocycles. The molecule has 3 nitrogen and oxygen atoms in total. The van der Waals surface area contributed by atoms with Crippen LogP contribution in [0.2, 0.25) is 0 Å². The molecule has 0 amide bonds. The highest BCUT2D eigenvalue weighted by Crippen LogP contribution is 2.23. The van der Waals surface area contributed by atoms with Crippen LogP contribution in [-0.2, 0) is 0 Å². The van der Waals surface area contributed by atoms with E-state index < -0.39 is 6.10 Å². The third-order valence-corrected chi connectivity index (χ3v) is 3.80. The zero-order chi connectivity index (χ0) is 15.2. The van der Waals surface area contributed by atoms with Gasteiger partial charge >= 0.3 is 0 Å². The van der Waals surface area contributed by atoms with Crippen LogP contribution in [0.15, 0.2) is 48.5 Å². The van der Waals surface area contributed by atoms with Crippen LogP contribution >= 0.6 is 0 Å². The van der Waals surface area contributed by atoms with E-state index in [0.717, 1.165) is 29.1 Å². The van der Waals surface area contributed by atoms with Gasteiger partial charge in [0.25, 0.3) is 0 Å². The Hall–Kier alpha value is -2.00. The van der Waals surface area contributed by atoms with E-state index in [-0.39, 0.29) is 0 Å². The van der Waals surface area contributed by atoms with Crippen LogP contribution in [-0.4, -0.2) is 25.8 Å². The Bertz CT molecular complexity index is 566. The minimum atomic E-state index is -0.424. The van der Waals surface area contributed by atoms with Gasteiger partial charge in [-0.25, -0.2) is 0 Å². The number of rotatable bonds is 6. The van der Waals surface area contributed by atoms with Gasteiger partial charge in [-0.2, -0.15) is 0 Å². The first-order valence-electron chi connectivity index (χ1n) is 7.20. The fourth-order valence-electron chi connectivity index (χ4n) is 2.40. The van der Waals surface area contributed by atoms with Crippen molar-refractivity contribution in [1.82, 2.24) is 0 Å². The summed E-state index contributed by atoms with van der Waals surface area (Å²) < 4.78 is 5.16. The molecule has 1 atom stereocenters. The highest BCUT2D eigenvalue weighted by Gasteiger charge is 2.11. The molecule has 0 aliphatic carbocycles. The van der Waals surface area contributed by atoms with E-state index >= 15 is 0 Å². The van der Waals surface area contributed by atoms with Crippen molar-refractivity contribution in [2.24, 2.45) is 0 Å². The first-order chi connectivity index (χ1) is 10.1. The lowest BCUT2D eigenvalue weighted by Crippen LogP contribution is -2.20. The molecule has 0 aliphatic rings. The number of anilines is 1. The molecule has 2 rings (SSSR count). The Morgan fingerprint density at radius 1 is 1.10 bits per heavy atom. The molecule has 3 heteroatoms. The summed E-state index contributed by atoms with van der Waals surface area (Å²) >= 11 is 0. The monoisotopic (exact) mass is 285 g/mol. The first kappa shape index (κ1) is 15.4. The van der Waals surface area contributed by atoms with Gasteiger partial charge in [0.05, 0.1) is 13.2 Å². The number of hydrogen-bond donors (Lipinski definition) is 1. The maximum absolute atomic E-state index is 10.3. The van der Waals surface area contributed by atoms with E-state index in [1.165, 1.54) is 0 Å². The van der Waals surface area contributed by atoms with E-state index in [0.29, 0.717) is 6.42 Å². The summed E-state index contributed by atoms with van der Waals surface area (Å²) in [6.07, 6.45) is 0.278. The van der Waals surface area contributed by atoms with Crippen LogP contribution < -0.4 is 9.64 Å². The van der Waals surface area contributed by atoms with E-state index in [9.17, 15) is 5.11 Å². The molecule has 1 unspecified atom stereocenters. The predicted octanol–water partition coefficient (Wildman–Crippen LogP) is 3.56. The minimum absolute atomic E-state index is 0.424. The molecule has 0 radical (unpaired) electrons. The summed E-state index contributed by atoms with van der Waals surface area (Å²) in [7, 11) is 3.70. The number of ether oxygens (including phenoxy) is 1. The average molecular weight is 285 g/mol. The lowest BCUT2D eigenvalue weighted by Gasteiger charge is -2.22. The second kappa shape index (κ2) is 7.14. The van der Waals surface area contributed by atoms with E-state index in [2.05, 4.69) is 4.90 Å². The molecule has 0 saturated carbocycles. The molecule has 0 fully saturated rings. The number of aliphatic hydroxyl groups is 1. The zero-order valence-corrected chi connectivity index (χ0v) is 12.9. The lowest BCUT2D eigenvalue weighted by molar-refractivity contribution is 0.169. The zero-order valence-electron chi connectivity index (χ0n) is 12.9. The van der Waals surface area contributed by atoms with E-state index in [1.54, 1.807) is 7.11 Å². The van der Waals surface area contributed by atoms with Gasteiger partial charge in [-0.05, 0) is 48.7 Å². The number of benzene rings is 2. The fourth-order valence-corrected chi connectivity index (χ4v) is 2.40. The normalized spacial score (nSPS) is 12.0. The van der Waals surface area contributed by atoms with Crippen LogP contribution in [0.5, 0.6) is 5.75 Å². The van der Waals surface area contributed by atoms with Gasteiger partial charge in [-0.15, -0.1) is 0 Å². The molecule has 2 aromatic carbocycles. The van der Waals surface area contributed by atoms with Crippen molar-refractivity contribution in [2.45, 2.75) is 19.4 Å². The highest BCUT2D eigenvalue weighted by atomic mass is 16.5. The van der Waals surface area contributed by atoms with E-state index in [4.69, 9.17) is 4.74 Å². The number of aliphatic hydroxyl groups excluding tert-OH is 1. The molecule has 21 heavy (non-hydrogen) atoms. The summed E-state index contributed by atoms with van der Waals surface area (Å²) in [4.78, 5) is 2.14. The van der Waals surface area contributed by atoms with Gasteiger partial charge in [-0.3, -0.25) is 0 Å². The maximum atomic E-state index is 10.3. The summed E-state index contributed by atoms with van der Waals surface area (Å²) in [5.74, 6) is 0.854. The lowest BCUT2D eigenvalue weighted by atomic mass is 10.0. The largest absolute Gasteiger partial charge is 0.497 e. The van der Waals surface area contributed by atoms with Crippen LogP contribution in [0, 0.1) is 6.92 Å². The molecule has 0 aromatic heterocycles. The summed E-state index contributed by atoms with van der Waals surface area (Å²) in [5, 5.41) is 10.3. The second-order valence-corrected chi connectivity index (χ2v) is 5.28. The van der Waals surface area contributed by atoms with Crippen LogP contribution in [0.3, 0.4) is 0 Å². The smallest absolute Gasteiger partial charge is 0.119 e. The highest BCUT2D eigenvalue weighted by molar-refractivity contribution is 5.48. The SMILES string of the molecule is COc1ccc(N(C)CCC(O)c2ccccc2C)cc1. The molecule has 0 spiro atoms. The third kappa shape index (κ3) is 3.99. The fraction of sp³-hybridized carbons (Fsp3) is 0.333. The molecule has 0 bridgehead atoms. The average Bonchev–Trinajstić information content (AvgIpc) is 2.52. The van der Waals surface area contributed by atoms with Gasteiger partial charge in [-0.1, -0.05) is 24.3 Å². The van der Waals surface area contributed by atoms with Crippen molar-refractivity contribution in [3.8, 4) is 5.75 Å². The van der Waals surface area contributed by atoms with Crippen molar-refractivity contribution in [1.29, 1.82) is 0 Å². The van der Waals surface area contributed by atoms with Crippen molar-refractivity contribution >= 4 is 5.69 Å². The molecule has 2 aromatic rings. The second-order valence-electron chi connectivity index (χ2n) is 5.28. The maximum Gasteiger partial charge on any atom is 0.119 e. The van der Waals surface area contributed by atoms with Crippen LogP contribution in [0.4, 0.5) is 5.69 Å². The van der Waals surface area contributed by atoms with Gasteiger partial charge in [0, 0.05) is 19.3 Å². The number of methoxy groups -OCH3 is 1. The van der Waals surface area contributed by atoms with Crippen LogP contribution in [0.1, 0.15) is 23.7 Å². The molecule has 0 heterocycles. The van der Waals surface area contributed by atoms with Crippen molar-refractivity contribution in [3.05, 3.63) is 59.7 Å². The Labute approximate surface area is 126 Å². The predicted molar refractivity (Wildman–Crippen MR) is 87.0 cm³/mol. The van der Waals surface area contributed by atoms with Crippen LogP contribution in [0.25, 0.3) is 0 Å². The van der Waals surface area contributed by atoms with Gasteiger partial charge in [0.15, 0.2) is 0 Å². The number of aryl methyl sites for hydroxylation is 1. The molecular weight excluding hydrogens is 262 g/mol. The van der Waals surface area contributed by atoms with E-state index in [1.807, 2.05) is 62.5 Å². The summed E-state index contributed by atoms with van der Waals surface area (Å²) in [6, 6.07) is 15.9. The van der Waals surface area contributed by atoms with Gasteiger partial charge in [0.2, 0.25) is 0 Å².